The molecule has 0 N–H and O–H groups in total. The first kappa shape index (κ1) is 13.2. The highest BCUT2D eigenvalue weighted by atomic mass is 14.1. The summed E-state index contributed by atoms with van der Waals surface area (Å²) >= 11 is 0. The Labute approximate surface area is 115 Å². The maximum absolute atomic E-state index is 3.82. The third-order valence-corrected chi connectivity index (χ3v) is 3.05. The monoisotopic (exact) mass is 246 g/mol. The zero-order valence-corrected chi connectivity index (χ0v) is 11.3. The largest absolute Gasteiger partial charge is 0.103 e. The molecular weight excluding hydrogens is 228 g/mol. The van der Waals surface area contributed by atoms with Gasteiger partial charge in [0.25, 0.3) is 0 Å². The molecule has 2 rings (SSSR count). The van der Waals surface area contributed by atoms with E-state index in [1.54, 1.807) is 0 Å². The van der Waals surface area contributed by atoms with Gasteiger partial charge in [-0.1, -0.05) is 65.9 Å². The van der Waals surface area contributed by atoms with Gasteiger partial charge in [0.1, 0.15) is 0 Å². The van der Waals surface area contributed by atoms with E-state index in [-0.39, 0.29) is 5.92 Å². The molecule has 0 spiro atoms. The van der Waals surface area contributed by atoms with Crippen LogP contribution in [0.15, 0.2) is 67.3 Å². The Morgan fingerprint density at radius 3 is 2.37 bits per heavy atom. The Morgan fingerprint density at radius 2 is 1.74 bits per heavy atom. The smallest absolute Gasteiger partial charge is 0.0490 e. The molecule has 0 bridgehead atoms. The van der Waals surface area contributed by atoms with Crippen molar-refractivity contribution in [1.82, 2.24) is 0 Å². The van der Waals surface area contributed by atoms with Crippen molar-refractivity contribution >= 4 is 0 Å². The number of aryl methyl sites for hydroxylation is 1. The average molecular weight is 246 g/mol. The molecule has 0 saturated carbocycles. The van der Waals surface area contributed by atoms with Gasteiger partial charge in [-0.25, -0.2) is 0 Å². The van der Waals surface area contributed by atoms with Crippen molar-refractivity contribution < 1.29 is 0 Å². The van der Waals surface area contributed by atoms with Crippen LogP contribution in [0.2, 0.25) is 0 Å². The Balaban J connectivity index is 2.22. The van der Waals surface area contributed by atoms with E-state index in [9.17, 15) is 0 Å². The van der Waals surface area contributed by atoms with E-state index < -0.39 is 0 Å². The lowest BCUT2D eigenvalue weighted by atomic mass is 9.96. The molecule has 0 radical (unpaired) electrons. The predicted octanol–water partition coefficient (Wildman–Crippen LogP) is 4.71. The first-order valence-electron chi connectivity index (χ1n) is 6.53. The average Bonchev–Trinajstić information content (AvgIpc) is 2.46. The molecule has 0 heterocycles. The molecule has 0 aromatic heterocycles. The van der Waals surface area contributed by atoms with Gasteiger partial charge in [0, 0.05) is 11.5 Å². The minimum atomic E-state index is 0.222. The van der Waals surface area contributed by atoms with Gasteiger partial charge in [-0.3, -0.25) is 0 Å². The van der Waals surface area contributed by atoms with Gasteiger partial charge in [-0.15, -0.1) is 6.58 Å². The first-order chi connectivity index (χ1) is 9.29. The first-order valence-corrected chi connectivity index (χ1v) is 6.53. The molecule has 0 heteroatoms. The van der Waals surface area contributed by atoms with Gasteiger partial charge < -0.3 is 0 Å². The summed E-state index contributed by atoms with van der Waals surface area (Å²) in [7, 11) is 0. The number of rotatable bonds is 3. The van der Waals surface area contributed by atoms with E-state index in [0.717, 1.165) is 12.0 Å². The van der Waals surface area contributed by atoms with Crippen LogP contribution in [-0.2, 0) is 0 Å². The Bertz CT molecular complexity index is 579. The van der Waals surface area contributed by atoms with Crippen LogP contribution in [0, 0.1) is 18.8 Å². The molecule has 2 aromatic carbocycles. The molecule has 0 aliphatic heterocycles. The van der Waals surface area contributed by atoms with Gasteiger partial charge in [-0.05, 0) is 31.0 Å². The second-order valence-corrected chi connectivity index (χ2v) is 4.62. The number of allylic oxidation sites excluding steroid dienone is 1. The fourth-order valence-electron chi connectivity index (χ4n) is 1.94. The highest BCUT2D eigenvalue weighted by Gasteiger charge is 2.05. The van der Waals surface area contributed by atoms with Crippen LogP contribution in [0.1, 0.15) is 29.0 Å². The van der Waals surface area contributed by atoms with E-state index >= 15 is 0 Å². The van der Waals surface area contributed by atoms with Crippen LogP contribution >= 0.6 is 0 Å². The van der Waals surface area contributed by atoms with E-state index in [1.165, 1.54) is 11.1 Å². The molecule has 19 heavy (non-hydrogen) atoms. The summed E-state index contributed by atoms with van der Waals surface area (Å²) in [5, 5.41) is 0. The molecule has 0 aliphatic carbocycles. The van der Waals surface area contributed by atoms with E-state index in [4.69, 9.17) is 0 Å². The minimum absolute atomic E-state index is 0.222. The number of hydrogen-bond donors (Lipinski definition) is 0. The molecule has 0 nitrogen and oxygen atoms in total. The minimum Gasteiger partial charge on any atom is -0.103 e. The zero-order chi connectivity index (χ0) is 13.5. The number of hydrogen-bond acceptors (Lipinski definition) is 0. The van der Waals surface area contributed by atoms with Crippen molar-refractivity contribution in [1.29, 1.82) is 0 Å². The lowest BCUT2D eigenvalue weighted by molar-refractivity contribution is 0.894. The van der Waals surface area contributed by atoms with Gasteiger partial charge in [0.05, 0.1) is 0 Å². The molecule has 94 valence electrons. The van der Waals surface area contributed by atoms with Crippen LogP contribution in [0.3, 0.4) is 0 Å². The summed E-state index contributed by atoms with van der Waals surface area (Å²) < 4.78 is 0. The van der Waals surface area contributed by atoms with Crippen LogP contribution in [0.4, 0.5) is 0 Å². The number of benzene rings is 2. The molecule has 0 fully saturated rings. The highest BCUT2D eigenvalue weighted by molar-refractivity contribution is 5.39. The topological polar surface area (TPSA) is 0 Å². The Morgan fingerprint density at radius 1 is 1.05 bits per heavy atom. The summed E-state index contributed by atoms with van der Waals surface area (Å²) in [6.45, 7) is 5.91. The quantitative estimate of drug-likeness (QED) is 0.543. The molecule has 0 aliphatic rings. The summed E-state index contributed by atoms with van der Waals surface area (Å²) in [6.07, 6.45) is 2.81. The SMILES string of the molecule is C=CCC(C#Cc1ccc(C)cc1)c1ccccc1. The van der Waals surface area contributed by atoms with Crippen molar-refractivity contribution in [2.75, 3.05) is 0 Å². The normalized spacial score (nSPS) is 11.2. The molecular formula is C19H18. The summed E-state index contributed by atoms with van der Waals surface area (Å²) in [4.78, 5) is 0. The molecule has 2 aromatic rings. The van der Waals surface area contributed by atoms with Gasteiger partial charge in [0.2, 0.25) is 0 Å². The van der Waals surface area contributed by atoms with E-state index in [0.29, 0.717) is 0 Å². The molecule has 1 atom stereocenters. The van der Waals surface area contributed by atoms with Gasteiger partial charge in [-0.2, -0.15) is 0 Å². The van der Waals surface area contributed by atoms with Crippen molar-refractivity contribution in [3.63, 3.8) is 0 Å². The summed E-state index contributed by atoms with van der Waals surface area (Å²) in [6, 6.07) is 18.7. The van der Waals surface area contributed by atoms with Crippen molar-refractivity contribution in [3.05, 3.63) is 83.9 Å². The van der Waals surface area contributed by atoms with Crippen LogP contribution in [0.5, 0.6) is 0 Å². The lowest BCUT2D eigenvalue weighted by Crippen LogP contribution is -1.93. The van der Waals surface area contributed by atoms with E-state index in [1.807, 2.05) is 12.1 Å². The second kappa shape index (κ2) is 6.61. The van der Waals surface area contributed by atoms with Gasteiger partial charge >= 0.3 is 0 Å². The fraction of sp³-hybridized carbons (Fsp3) is 0.158. The maximum Gasteiger partial charge on any atom is 0.0490 e. The van der Waals surface area contributed by atoms with Crippen molar-refractivity contribution in [2.24, 2.45) is 0 Å². The third-order valence-electron chi connectivity index (χ3n) is 3.05. The predicted molar refractivity (Wildman–Crippen MR) is 82.1 cm³/mol. The maximum atomic E-state index is 3.82. The zero-order valence-electron chi connectivity index (χ0n) is 11.3. The lowest BCUT2D eigenvalue weighted by Gasteiger charge is -2.07. The van der Waals surface area contributed by atoms with Crippen LogP contribution in [-0.4, -0.2) is 0 Å². The summed E-state index contributed by atoms with van der Waals surface area (Å²) in [5.74, 6) is 6.83. The molecule has 0 saturated heterocycles. The van der Waals surface area contributed by atoms with Crippen molar-refractivity contribution in [3.8, 4) is 11.8 Å². The van der Waals surface area contributed by atoms with Crippen LogP contribution in [0.25, 0.3) is 0 Å². The summed E-state index contributed by atoms with van der Waals surface area (Å²) in [5.41, 5.74) is 3.58. The standard InChI is InChI=1S/C19H18/c1-3-7-18(19-8-5-4-6-9-19)15-14-17-12-10-16(2)11-13-17/h3-6,8-13,18H,1,7H2,2H3. The van der Waals surface area contributed by atoms with E-state index in [2.05, 4.69) is 73.9 Å². The van der Waals surface area contributed by atoms with Crippen LogP contribution < -0.4 is 0 Å². The Hall–Kier alpha value is -2.26. The highest BCUT2D eigenvalue weighted by Crippen LogP contribution is 2.19. The molecule has 1 unspecified atom stereocenters. The fourth-order valence-corrected chi connectivity index (χ4v) is 1.94. The van der Waals surface area contributed by atoms with Gasteiger partial charge in [0.15, 0.2) is 0 Å². The Kier molecular flexibility index (Phi) is 4.59. The van der Waals surface area contributed by atoms with Crippen molar-refractivity contribution in [2.45, 2.75) is 19.3 Å². The second-order valence-electron chi connectivity index (χ2n) is 4.62. The third kappa shape index (κ3) is 3.86. The molecule has 0 amide bonds.